The van der Waals surface area contributed by atoms with Gasteiger partial charge in [0.25, 0.3) is 0 Å². The van der Waals surface area contributed by atoms with E-state index in [-0.39, 0.29) is 0 Å². The number of nitriles is 1. The van der Waals surface area contributed by atoms with Crippen LogP contribution in [-0.4, -0.2) is 34.1 Å². The Balaban J connectivity index is 2.24. The third-order valence-corrected chi connectivity index (χ3v) is 4.01. The topological polar surface area (TPSA) is 93.4 Å². The number of anilines is 1. The zero-order valence-electron chi connectivity index (χ0n) is 11.8. The molecule has 0 radical (unpaired) electrons. The van der Waals surface area contributed by atoms with Crippen molar-refractivity contribution < 1.29 is 14.7 Å². The monoisotopic (exact) mass is 287 g/mol. The number of rotatable bonds is 3. The van der Waals surface area contributed by atoms with Crippen LogP contribution in [0.5, 0.6) is 0 Å². The number of nitrogens with one attached hydrogen (secondary N) is 1. The van der Waals surface area contributed by atoms with E-state index in [2.05, 4.69) is 5.32 Å². The summed E-state index contributed by atoms with van der Waals surface area (Å²) in [4.78, 5) is 25.3. The molecule has 0 aromatic heterocycles. The van der Waals surface area contributed by atoms with Crippen molar-refractivity contribution in [1.29, 1.82) is 5.26 Å². The van der Waals surface area contributed by atoms with Gasteiger partial charge in [-0.3, -0.25) is 0 Å². The third-order valence-electron chi connectivity index (χ3n) is 4.01. The Bertz CT molecular complexity index is 608. The van der Waals surface area contributed by atoms with E-state index in [1.54, 1.807) is 31.2 Å². The molecule has 1 saturated heterocycles. The first-order chi connectivity index (χ1) is 10.0. The van der Waals surface area contributed by atoms with Crippen LogP contribution in [0.3, 0.4) is 0 Å². The van der Waals surface area contributed by atoms with Gasteiger partial charge in [-0.1, -0.05) is 19.1 Å². The fraction of sp³-hybridized carbons (Fsp3) is 0.400. The minimum atomic E-state index is -1.15. The summed E-state index contributed by atoms with van der Waals surface area (Å²) in [6.45, 7) is 2.17. The lowest BCUT2D eigenvalue weighted by atomic mass is 9.93. The molecule has 2 N–H and O–H groups in total. The molecule has 6 heteroatoms. The molecule has 1 aromatic carbocycles. The van der Waals surface area contributed by atoms with Gasteiger partial charge in [-0.05, 0) is 31.4 Å². The van der Waals surface area contributed by atoms with Crippen molar-refractivity contribution in [3.05, 3.63) is 29.8 Å². The molecule has 0 spiro atoms. The number of amides is 2. The van der Waals surface area contributed by atoms with E-state index >= 15 is 0 Å². The van der Waals surface area contributed by atoms with Crippen LogP contribution in [0.2, 0.25) is 0 Å². The lowest BCUT2D eigenvalue weighted by Gasteiger charge is -2.33. The number of carbonyl (C=O) groups excluding carboxylic acids is 1. The highest BCUT2D eigenvalue weighted by molar-refractivity contribution is 5.95. The molecular formula is C15H17N3O3. The first kappa shape index (κ1) is 14.9. The van der Waals surface area contributed by atoms with Crippen molar-refractivity contribution in [1.82, 2.24) is 4.90 Å². The Hall–Kier alpha value is -2.55. The highest BCUT2D eigenvalue weighted by Gasteiger charge is 2.48. The van der Waals surface area contributed by atoms with Crippen LogP contribution in [-0.2, 0) is 4.79 Å². The van der Waals surface area contributed by atoms with Gasteiger partial charge in [0.1, 0.15) is 11.6 Å². The predicted molar refractivity (Wildman–Crippen MR) is 76.8 cm³/mol. The highest BCUT2D eigenvalue weighted by atomic mass is 16.4. The van der Waals surface area contributed by atoms with Crippen LogP contribution in [0, 0.1) is 11.3 Å². The van der Waals surface area contributed by atoms with Crippen molar-refractivity contribution in [3.8, 4) is 6.07 Å². The van der Waals surface area contributed by atoms with Gasteiger partial charge in [0.15, 0.2) is 0 Å². The molecule has 2 amide bonds. The summed E-state index contributed by atoms with van der Waals surface area (Å²) >= 11 is 0. The number of para-hydroxylation sites is 1. The second kappa shape index (κ2) is 5.83. The molecule has 0 aliphatic carbocycles. The Morgan fingerprint density at radius 1 is 1.48 bits per heavy atom. The van der Waals surface area contributed by atoms with Crippen molar-refractivity contribution >= 4 is 17.7 Å². The Kier molecular flexibility index (Phi) is 4.13. The summed E-state index contributed by atoms with van der Waals surface area (Å²) in [6, 6.07) is 8.17. The van der Waals surface area contributed by atoms with E-state index < -0.39 is 17.5 Å². The smallest absolute Gasteiger partial charge is 0.329 e. The molecule has 0 saturated carbocycles. The third kappa shape index (κ3) is 2.55. The second-order valence-corrected chi connectivity index (χ2v) is 5.03. The molecule has 1 heterocycles. The van der Waals surface area contributed by atoms with Crippen LogP contribution < -0.4 is 5.32 Å². The zero-order chi connectivity index (χ0) is 15.5. The molecular weight excluding hydrogens is 270 g/mol. The molecule has 1 fully saturated rings. The largest absolute Gasteiger partial charge is 0.479 e. The van der Waals surface area contributed by atoms with Gasteiger partial charge in [0.2, 0.25) is 0 Å². The lowest BCUT2D eigenvalue weighted by molar-refractivity contribution is -0.148. The predicted octanol–water partition coefficient (Wildman–Crippen LogP) is 2.42. The molecule has 1 aliphatic heterocycles. The molecule has 110 valence electrons. The second-order valence-electron chi connectivity index (χ2n) is 5.03. The standard InChI is InChI=1S/C15H17N3O3/c1-2-15(13(19)20)8-5-9-18(15)14(21)17-12-7-4-3-6-11(12)10-16/h3-4,6-7H,2,5,8-9H2,1H3,(H,17,21)(H,19,20). The van der Waals surface area contributed by atoms with Gasteiger partial charge >= 0.3 is 12.0 Å². The van der Waals surface area contributed by atoms with Crippen LogP contribution >= 0.6 is 0 Å². The number of carboxylic acids is 1. The number of hydrogen-bond acceptors (Lipinski definition) is 3. The number of benzene rings is 1. The van der Waals surface area contributed by atoms with E-state index in [4.69, 9.17) is 5.26 Å². The Morgan fingerprint density at radius 3 is 2.81 bits per heavy atom. The van der Waals surface area contributed by atoms with Gasteiger partial charge in [0, 0.05) is 6.54 Å². The summed E-state index contributed by atoms with van der Waals surface area (Å²) < 4.78 is 0. The maximum Gasteiger partial charge on any atom is 0.329 e. The minimum Gasteiger partial charge on any atom is -0.479 e. The zero-order valence-corrected chi connectivity index (χ0v) is 11.8. The maximum absolute atomic E-state index is 12.4. The van der Waals surface area contributed by atoms with Crippen LogP contribution in [0.25, 0.3) is 0 Å². The number of likely N-dealkylation sites (tertiary alicyclic amines) is 1. The normalized spacial score (nSPS) is 20.9. The van der Waals surface area contributed by atoms with E-state index in [0.717, 1.165) is 0 Å². The SMILES string of the molecule is CCC1(C(=O)O)CCCN1C(=O)Nc1ccccc1C#N. The van der Waals surface area contributed by atoms with Crippen LogP contribution in [0.15, 0.2) is 24.3 Å². The van der Waals surface area contributed by atoms with Gasteiger partial charge in [0.05, 0.1) is 11.3 Å². The van der Waals surface area contributed by atoms with E-state index in [9.17, 15) is 14.7 Å². The summed E-state index contributed by atoms with van der Waals surface area (Å²) in [7, 11) is 0. The number of nitrogens with zero attached hydrogens (tertiary/aromatic N) is 2. The summed E-state index contributed by atoms with van der Waals surface area (Å²) in [5, 5.41) is 21.1. The fourth-order valence-corrected chi connectivity index (χ4v) is 2.79. The molecule has 2 rings (SSSR count). The van der Waals surface area contributed by atoms with Crippen molar-refractivity contribution in [2.24, 2.45) is 0 Å². The van der Waals surface area contributed by atoms with Crippen molar-refractivity contribution in [2.75, 3.05) is 11.9 Å². The molecule has 21 heavy (non-hydrogen) atoms. The summed E-state index contributed by atoms with van der Waals surface area (Å²) in [6.07, 6.45) is 1.47. The summed E-state index contributed by atoms with van der Waals surface area (Å²) in [5.74, 6) is -0.980. The minimum absolute atomic E-state index is 0.350. The number of hydrogen-bond donors (Lipinski definition) is 2. The molecule has 1 unspecified atom stereocenters. The van der Waals surface area contributed by atoms with Gasteiger partial charge in [-0.2, -0.15) is 5.26 Å². The average molecular weight is 287 g/mol. The van der Waals surface area contributed by atoms with Gasteiger partial charge in [-0.25, -0.2) is 9.59 Å². The molecule has 1 atom stereocenters. The molecule has 1 aliphatic rings. The number of carboxylic acid groups (broad SMARTS) is 1. The number of carbonyl (C=O) groups is 2. The highest BCUT2D eigenvalue weighted by Crippen LogP contribution is 2.33. The van der Waals surface area contributed by atoms with Crippen LogP contribution in [0.1, 0.15) is 31.7 Å². The Morgan fingerprint density at radius 2 is 2.19 bits per heavy atom. The van der Waals surface area contributed by atoms with E-state index in [1.807, 2.05) is 6.07 Å². The van der Waals surface area contributed by atoms with Crippen molar-refractivity contribution in [3.63, 3.8) is 0 Å². The maximum atomic E-state index is 12.4. The number of urea groups is 1. The lowest BCUT2D eigenvalue weighted by Crippen LogP contribution is -2.54. The summed E-state index contributed by atoms with van der Waals surface area (Å²) in [5.41, 5.74) is -0.402. The molecule has 1 aromatic rings. The molecule has 6 nitrogen and oxygen atoms in total. The quantitative estimate of drug-likeness (QED) is 0.892. The Labute approximate surface area is 123 Å². The van der Waals surface area contributed by atoms with Gasteiger partial charge in [-0.15, -0.1) is 0 Å². The first-order valence-electron chi connectivity index (χ1n) is 6.86. The average Bonchev–Trinajstić information content (AvgIpc) is 2.93. The van der Waals surface area contributed by atoms with Crippen molar-refractivity contribution in [2.45, 2.75) is 31.7 Å². The fourth-order valence-electron chi connectivity index (χ4n) is 2.79. The van der Waals surface area contributed by atoms with Crippen LogP contribution in [0.4, 0.5) is 10.5 Å². The van der Waals surface area contributed by atoms with E-state index in [0.29, 0.717) is 37.1 Å². The number of aliphatic carboxylic acids is 1. The van der Waals surface area contributed by atoms with E-state index in [1.165, 1.54) is 4.90 Å². The molecule has 0 bridgehead atoms. The van der Waals surface area contributed by atoms with Gasteiger partial charge < -0.3 is 15.3 Å². The first-order valence-corrected chi connectivity index (χ1v) is 6.86.